The Morgan fingerprint density at radius 1 is 1.21 bits per heavy atom. The van der Waals surface area contributed by atoms with E-state index < -0.39 is 29.2 Å². The van der Waals surface area contributed by atoms with Gasteiger partial charge in [-0.3, -0.25) is 9.59 Å². The molecule has 180 valence electrons. The van der Waals surface area contributed by atoms with Gasteiger partial charge in [-0.1, -0.05) is 30.2 Å². The van der Waals surface area contributed by atoms with E-state index in [2.05, 4.69) is 12.0 Å². The van der Waals surface area contributed by atoms with Gasteiger partial charge in [0.2, 0.25) is 0 Å². The minimum Gasteiger partial charge on any atom is -0.460 e. The van der Waals surface area contributed by atoms with Crippen molar-refractivity contribution in [2.24, 2.45) is 11.3 Å². The van der Waals surface area contributed by atoms with E-state index in [1.54, 1.807) is 12.2 Å². The Kier molecular flexibility index (Phi) is 8.88. The molecule has 2 aliphatic carbocycles. The molecule has 0 radical (unpaired) electrons. The lowest BCUT2D eigenvalue weighted by Gasteiger charge is -2.49. The van der Waals surface area contributed by atoms with Crippen molar-refractivity contribution in [1.82, 2.24) is 0 Å². The van der Waals surface area contributed by atoms with Crippen molar-refractivity contribution >= 4 is 11.9 Å². The molecule has 0 heterocycles. The number of aliphatic hydroxyl groups is 2. The van der Waals surface area contributed by atoms with Crippen LogP contribution in [0.4, 0.5) is 0 Å². The Labute approximate surface area is 197 Å². The Hall–Kier alpha value is -2.62. The average molecular weight is 457 g/mol. The van der Waals surface area contributed by atoms with Crippen molar-refractivity contribution in [3.63, 3.8) is 0 Å². The maximum Gasteiger partial charge on any atom is 0.306 e. The van der Waals surface area contributed by atoms with Gasteiger partial charge in [0.15, 0.2) is 0 Å². The monoisotopic (exact) mass is 456 g/mol. The lowest BCUT2D eigenvalue weighted by Crippen LogP contribution is -2.52. The molecule has 4 atom stereocenters. The molecule has 0 aromatic heterocycles. The summed E-state index contributed by atoms with van der Waals surface area (Å²) in [6, 6.07) is 0. The van der Waals surface area contributed by atoms with E-state index in [1.165, 1.54) is 6.92 Å². The van der Waals surface area contributed by atoms with Crippen LogP contribution in [0.25, 0.3) is 0 Å². The van der Waals surface area contributed by atoms with Gasteiger partial charge in [-0.05, 0) is 70.1 Å². The topological polar surface area (TPSA) is 93.1 Å². The molecule has 2 aliphatic rings. The summed E-state index contributed by atoms with van der Waals surface area (Å²) in [6.45, 7) is 8.37. The highest BCUT2D eigenvalue weighted by Crippen LogP contribution is 2.52. The molecule has 0 bridgehead atoms. The number of hydrogen-bond donors (Lipinski definition) is 2. The molecular weight excluding hydrogens is 420 g/mol. The fourth-order valence-corrected chi connectivity index (χ4v) is 4.78. The van der Waals surface area contributed by atoms with Gasteiger partial charge < -0.3 is 19.7 Å². The number of carbonyl (C=O) groups excluding carboxylic acids is 2. The summed E-state index contributed by atoms with van der Waals surface area (Å²) in [6.07, 6.45) is 15.2. The van der Waals surface area contributed by atoms with Crippen LogP contribution in [-0.4, -0.2) is 46.6 Å². The van der Waals surface area contributed by atoms with E-state index in [4.69, 9.17) is 15.9 Å². The fraction of sp³-hybridized carbons (Fsp3) is 0.556. The molecule has 0 amide bonds. The predicted molar refractivity (Wildman–Crippen MR) is 127 cm³/mol. The highest BCUT2D eigenvalue weighted by atomic mass is 16.6. The Bertz CT molecular complexity index is 908. The molecule has 0 fully saturated rings. The molecule has 1 unspecified atom stereocenters. The summed E-state index contributed by atoms with van der Waals surface area (Å²) >= 11 is 0. The van der Waals surface area contributed by atoms with Crippen LogP contribution in [0.3, 0.4) is 0 Å². The number of allylic oxidation sites excluding steroid dienone is 5. The first-order valence-electron chi connectivity index (χ1n) is 11.3. The van der Waals surface area contributed by atoms with Gasteiger partial charge in [0.05, 0.1) is 6.61 Å². The Morgan fingerprint density at radius 2 is 1.91 bits per heavy atom. The molecule has 6 nitrogen and oxygen atoms in total. The van der Waals surface area contributed by atoms with Crippen molar-refractivity contribution < 1.29 is 29.3 Å². The van der Waals surface area contributed by atoms with Crippen LogP contribution < -0.4 is 0 Å². The number of aliphatic hydroxyl groups excluding tert-OH is 2. The molecule has 0 aromatic rings. The summed E-state index contributed by atoms with van der Waals surface area (Å²) in [4.78, 5) is 23.9. The molecular formula is C27H36O6. The second kappa shape index (κ2) is 11.0. The molecule has 6 heteroatoms. The molecule has 0 spiro atoms. The third kappa shape index (κ3) is 6.25. The van der Waals surface area contributed by atoms with E-state index in [0.29, 0.717) is 24.8 Å². The van der Waals surface area contributed by atoms with E-state index in [0.717, 1.165) is 11.1 Å². The Morgan fingerprint density at radius 3 is 2.48 bits per heavy atom. The summed E-state index contributed by atoms with van der Waals surface area (Å²) in [5.41, 5.74) is 0.603. The second-order valence-electron chi connectivity index (χ2n) is 9.60. The quantitative estimate of drug-likeness (QED) is 0.262. The first-order valence-corrected chi connectivity index (χ1v) is 11.3. The number of esters is 2. The Balaban J connectivity index is 2.48. The molecule has 0 aromatic carbocycles. The average Bonchev–Trinajstić information content (AvgIpc) is 2.72. The molecule has 0 saturated carbocycles. The third-order valence-electron chi connectivity index (χ3n) is 6.17. The maximum absolute atomic E-state index is 12.3. The van der Waals surface area contributed by atoms with Crippen LogP contribution in [0.1, 0.15) is 60.3 Å². The van der Waals surface area contributed by atoms with Gasteiger partial charge in [-0.25, -0.2) is 0 Å². The molecule has 33 heavy (non-hydrogen) atoms. The van der Waals surface area contributed by atoms with Crippen molar-refractivity contribution in [3.8, 4) is 12.3 Å². The first kappa shape index (κ1) is 26.6. The van der Waals surface area contributed by atoms with E-state index >= 15 is 0 Å². The number of hydrogen-bond acceptors (Lipinski definition) is 6. The van der Waals surface area contributed by atoms with Gasteiger partial charge in [0.25, 0.3) is 0 Å². The number of carbonyl (C=O) groups is 2. The SMILES string of the molecule is C#C/C(=C(C)\C(=C/CO)CCC(=O)OC(C)(C)C)[C@]12CC=CCC1C=C[C@H](OC(C)=O)[C@@H]2O. The first-order chi connectivity index (χ1) is 15.5. The minimum atomic E-state index is -1.04. The van der Waals surface area contributed by atoms with Gasteiger partial charge >= 0.3 is 11.9 Å². The number of terminal acetylenes is 1. The predicted octanol–water partition coefficient (Wildman–Crippen LogP) is 3.79. The highest BCUT2D eigenvalue weighted by molar-refractivity contribution is 5.70. The lowest BCUT2D eigenvalue weighted by atomic mass is 9.57. The van der Waals surface area contributed by atoms with Crippen molar-refractivity contribution in [3.05, 3.63) is 47.1 Å². The maximum atomic E-state index is 12.3. The second-order valence-corrected chi connectivity index (χ2v) is 9.60. The van der Waals surface area contributed by atoms with Gasteiger partial charge in [0, 0.05) is 24.3 Å². The lowest BCUT2D eigenvalue weighted by molar-refractivity contribution is -0.155. The van der Waals surface area contributed by atoms with Crippen molar-refractivity contribution in [1.29, 1.82) is 0 Å². The zero-order valence-corrected chi connectivity index (χ0v) is 20.3. The molecule has 0 aliphatic heterocycles. The fourth-order valence-electron chi connectivity index (χ4n) is 4.78. The highest BCUT2D eigenvalue weighted by Gasteiger charge is 2.52. The zero-order valence-electron chi connectivity index (χ0n) is 20.3. The molecule has 2 N–H and O–H groups in total. The van der Waals surface area contributed by atoms with Crippen LogP contribution in [-0.2, 0) is 19.1 Å². The van der Waals surface area contributed by atoms with Crippen molar-refractivity contribution in [2.45, 2.75) is 78.1 Å². The van der Waals surface area contributed by atoms with E-state index in [1.807, 2.05) is 39.8 Å². The number of rotatable bonds is 7. The number of ether oxygens (including phenoxy) is 2. The summed E-state index contributed by atoms with van der Waals surface area (Å²) < 4.78 is 10.8. The van der Waals surface area contributed by atoms with Crippen LogP contribution in [0.2, 0.25) is 0 Å². The smallest absolute Gasteiger partial charge is 0.306 e. The van der Waals surface area contributed by atoms with E-state index in [9.17, 15) is 19.8 Å². The molecule has 0 saturated heterocycles. The standard InChI is InChI=1S/C27H36O6/c1-7-22(18(2)20(15-17-28)11-14-24(30)33-26(4,5)6)27-16-9-8-10-21(27)12-13-23(25(27)31)32-19(3)29/h1,8-9,12-13,15,21,23,25,28,31H,10-11,14,16-17H2,2-6H3/b20-15-,22-18+/t21?,23-,25-,27-/m0/s1. The molecule has 2 rings (SSSR count). The third-order valence-corrected chi connectivity index (χ3v) is 6.17. The minimum absolute atomic E-state index is 0.0773. The zero-order chi connectivity index (χ0) is 24.8. The summed E-state index contributed by atoms with van der Waals surface area (Å²) in [5.74, 6) is 1.91. The largest absolute Gasteiger partial charge is 0.460 e. The van der Waals surface area contributed by atoms with E-state index in [-0.39, 0.29) is 24.9 Å². The summed E-state index contributed by atoms with van der Waals surface area (Å²) in [5, 5.41) is 21.1. The van der Waals surface area contributed by atoms with Gasteiger partial charge in [0.1, 0.15) is 17.8 Å². The van der Waals surface area contributed by atoms with Crippen LogP contribution >= 0.6 is 0 Å². The summed E-state index contributed by atoms with van der Waals surface area (Å²) in [7, 11) is 0. The normalized spacial score (nSPS) is 27.8. The van der Waals surface area contributed by atoms with Crippen LogP contribution in [0.15, 0.2) is 47.1 Å². The van der Waals surface area contributed by atoms with Crippen molar-refractivity contribution in [2.75, 3.05) is 6.61 Å². The van der Waals surface area contributed by atoms with Gasteiger partial charge in [-0.15, -0.1) is 6.42 Å². The number of fused-ring (bicyclic) bond motifs is 1. The van der Waals surface area contributed by atoms with Gasteiger partial charge in [-0.2, -0.15) is 0 Å². The van der Waals surface area contributed by atoms with Crippen LogP contribution in [0.5, 0.6) is 0 Å². The van der Waals surface area contributed by atoms with Crippen LogP contribution in [0, 0.1) is 23.7 Å².